The third-order valence-corrected chi connectivity index (χ3v) is 7.00. The van der Waals surface area contributed by atoms with Gasteiger partial charge in [-0.2, -0.15) is 10.2 Å². The van der Waals surface area contributed by atoms with Crippen molar-refractivity contribution in [3.8, 4) is 17.1 Å². The zero-order chi connectivity index (χ0) is 25.6. The molecule has 2 fully saturated rings. The number of aromatic nitrogens is 7. The Morgan fingerprint density at radius 2 is 1.87 bits per heavy atom. The van der Waals surface area contributed by atoms with Gasteiger partial charge in [0.05, 0.1) is 41.3 Å². The minimum absolute atomic E-state index is 0.434. The molecule has 1 aliphatic heterocycles. The average Bonchev–Trinajstić information content (AvgIpc) is 3.29. The number of fused-ring (bicyclic) bond motifs is 1. The molecule has 1 aliphatic carbocycles. The largest absolute Gasteiger partial charge is 0.346 e. The predicted molar refractivity (Wildman–Crippen MR) is 142 cm³/mol. The normalized spacial score (nSPS) is 15.9. The highest BCUT2D eigenvalue weighted by Gasteiger charge is 2.27. The Kier molecular flexibility index (Phi) is 5.63. The van der Waals surface area contributed by atoms with Gasteiger partial charge >= 0.3 is 0 Å². The summed E-state index contributed by atoms with van der Waals surface area (Å²) in [5, 5.41) is 16.4. The lowest BCUT2D eigenvalue weighted by Crippen LogP contribution is -2.06. The first-order valence-electron chi connectivity index (χ1n) is 12.9. The smallest absolute Gasteiger partial charge is 0.186 e. The summed E-state index contributed by atoms with van der Waals surface area (Å²) in [4.78, 5) is 9.78. The van der Waals surface area contributed by atoms with Gasteiger partial charge in [0.25, 0.3) is 0 Å². The lowest BCUT2D eigenvalue weighted by atomic mass is 10.1. The molecule has 0 amide bonds. The molecule has 7 rings (SSSR count). The van der Waals surface area contributed by atoms with E-state index in [1.807, 2.05) is 60.9 Å². The van der Waals surface area contributed by atoms with E-state index in [1.165, 1.54) is 12.8 Å². The Morgan fingerprint density at radius 3 is 2.66 bits per heavy atom. The van der Waals surface area contributed by atoms with E-state index in [1.54, 1.807) is 6.33 Å². The van der Waals surface area contributed by atoms with Crippen LogP contribution in [0.15, 0.2) is 55.0 Å². The number of aryl methyl sites for hydroxylation is 2. The number of imidazole rings is 1. The average molecular weight is 509 g/mol. The number of benzene rings is 1. The van der Waals surface area contributed by atoms with Crippen LogP contribution in [0.3, 0.4) is 0 Å². The van der Waals surface area contributed by atoms with Crippen LogP contribution in [0.1, 0.15) is 36.1 Å². The Morgan fingerprint density at radius 1 is 1.00 bits per heavy atom. The second kappa shape index (κ2) is 9.30. The summed E-state index contributed by atoms with van der Waals surface area (Å²) in [5.74, 6) is 2.19. The maximum atomic E-state index is 5.87. The SMILES string of the molecule is Cc1ccc(Nc2ccc3c(c2)ncn3-c2ccc(C3OCCO3)c(-c3cn(CC4CC4)nc3C)n2)nn1. The van der Waals surface area contributed by atoms with Crippen molar-refractivity contribution < 1.29 is 9.47 Å². The first kappa shape index (κ1) is 23.0. The molecule has 10 nitrogen and oxygen atoms in total. The van der Waals surface area contributed by atoms with E-state index in [0.717, 1.165) is 63.2 Å². The summed E-state index contributed by atoms with van der Waals surface area (Å²) in [6, 6.07) is 13.9. The van der Waals surface area contributed by atoms with E-state index >= 15 is 0 Å². The summed E-state index contributed by atoms with van der Waals surface area (Å²) < 4.78 is 15.8. The molecule has 1 saturated carbocycles. The Bertz CT molecular complexity index is 1610. The molecule has 2 aliphatic rings. The number of anilines is 2. The highest BCUT2D eigenvalue weighted by Crippen LogP contribution is 2.36. The van der Waals surface area contributed by atoms with Crippen molar-refractivity contribution in [2.24, 2.45) is 5.92 Å². The Labute approximate surface area is 219 Å². The van der Waals surface area contributed by atoms with Gasteiger partial charge in [0.1, 0.15) is 12.1 Å². The molecular formula is C28H28N8O2. The van der Waals surface area contributed by atoms with E-state index in [4.69, 9.17) is 19.6 Å². The molecule has 1 N–H and O–H groups in total. The van der Waals surface area contributed by atoms with Crippen LogP contribution in [0.5, 0.6) is 0 Å². The minimum atomic E-state index is -0.434. The molecular weight excluding hydrogens is 480 g/mol. The minimum Gasteiger partial charge on any atom is -0.346 e. The fraction of sp³-hybridized carbons (Fsp3) is 0.321. The highest BCUT2D eigenvalue weighted by molar-refractivity contribution is 5.82. The van der Waals surface area contributed by atoms with Gasteiger partial charge in [-0.15, -0.1) is 5.10 Å². The third kappa shape index (κ3) is 4.42. The lowest BCUT2D eigenvalue weighted by molar-refractivity contribution is -0.0438. The second-order valence-electron chi connectivity index (χ2n) is 9.98. The standard InChI is InChI=1S/C28H28N8O2/c1-17-3-9-25(33-32-17)30-20-6-8-24-23(13-20)29-16-36(24)26-10-7-21(28-37-11-12-38-28)27(31-26)22-15-35(34-18(22)2)14-19-4-5-19/h3,6-10,13,15-16,19,28H,4-5,11-12,14H2,1-2H3,(H,30,33). The van der Waals surface area contributed by atoms with Crippen LogP contribution in [0.2, 0.25) is 0 Å². The van der Waals surface area contributed by atoms with Crippen LogP contribution in [0.4, 0.5) is 11.5 Å². The number of rotatable bonds is 7. The van der Waals surface area contributed by atoms with Gasteiger partial charge in [-0.05, 0) is 75.1 Å². The van der Waals surface area contributed by atoms with Gasteiger partial charge in [-0.25, -0.2) is 9.97 Å². The first-order chi connectivity index (χ1) is 18.6. The first-order valence-corrected chi connectivity index (χ1v) is 12.9. The topological polar surface area (TPSA) is 105 Å². The molecule has 0 spiro atoms. The number of nitrogens with one attached hydrogen (secondary N) is 1. The van der Waals surface area contributed by atoms with Crippen LogP contribution in [0.25, 0.3) is 28.1 Å². The summed E-state index contributed by atoms with van der Waals surface area (Å²) in [6.07, 6.45) is 6.03. The van der Waals surface area contributed by atoms with Crippen molar-refractivity contribution >= 4 is 22.5 Å². The molecule has 0 atom stereocenters. The fourth-order valence-electron chi connectivity index (χ4n) is 4.83. The molecule has 5 heterocycles. The number of ether oxygens (including phenoxy) is 2. The lowest BCUT2D eigenvalue weighted by Gasteiger charge is -2.15. The van der Waals surface area contributed by atoms with E-state index in [9.17, 15) is 0 Å². The predicted octanol–water partition coefficient (Wildman–Crippen LogP) is 4.89. The van der Waals surface area contributed by atoms with Gasteiger partial charge in [0.2, 0.25) is 0 Å². The van der Waals surface area contributed by atoms with Gasteiger partial charge in [-0.3, -0.25) is 9.25 Å². The van der Waals surface area contributed by atoms with Crippen LogP contribution in [-0.2, 0) is 16.0 Å². The molecule has 192 valence electrons. The van der Waals surface area contributed by atoms with Crippen LogP contribution in [0, 0.1) is 19.8 Å². The molecule has 1 saturated heterocycles. The van der Waals surface area contributed by atoms with Crippen molar-refractivity contribution in [2.75, 3.05) is 18.5 Å². The molecule has 10 heteroatoms. The van der Waals surface area contributed by atoms with E-state index < -0.39 is 6.29 Å². The summed E-state index contributed by atoms with van der Waals surface area (Å²) >= 11 is 0. The molecule has 4 aromatic heterocycles. The quantitative estimate of drug-likeness (QED) is 0.331. The summed E-state index contributed by atoms with van der Waals surface area (Å²) in [7, 11) is 0. The molecule has 0 radical (unpaired) electrons. The van der Waals surface area contributed by atoms with E-state index in [2.05, 4.69) is 31.4 Å². The van der Waals surface area contributed by atoms with E-state index in [-0.39, 0.29) is 0 Å². The monoisotopic (exact) mass is 508 g/mol. The van der Waals surface area contributed by atoms with Crippen molar-refractivity contribution in [3.05, 3.63) is 71.9 Å². The van der Waals surface area contributed by atoms with Gasteiger partial charge < -0.3 is 14.8 Å². The van der Waals surface area contributed by atoms with Crippen molar-refractivity contribution in [3.63, 3.8) is 0 Å². The zero-order valence-corrected chi connectivity index (χ0v) is 21.3. The Balaban J connectivity index is 1.25. The van der Waals surface area contributed by atoms with E-state index in [0.29, 0.717) is 19.0 Å². The maximum absolute atomic E-state index is 5.87. The van der Waals surface area contributed by atoms with Crippen LogP contribution in [-0.4, -0.2) is 47.7 Å². The Hall–Kier alpha value is -4.15. The number of hydrogen-bond acceptors (Lipinski definition) is 8. The third-order valence-electron chi connectivity index (χ3n) is 7.00. The summed E-state index contributed by atoms with van der Waals surface area (Å²) in [5.41, 5.74) is 7.24. The summed E-state index contributed by atoms with van der Waals surface area (Å²) in [6.45, 7) is 6.04. The molecule has 38 heavy (non-hydrogen) atoms. The zero-order valence-electron chi connectivity index (χ0n) is 21.3. The van der Waals surface area contributed by atoms with Crippen LogP contribution >= 0.6 is 0 Å². The molecule has 0 bridgehead atoms. The van der Waals surface area contributed by atoms with Crippen molar-refractivity contribution in [1.29, 1.82) is 0 Å². The number of nitrogens with zero attached hydrogens (tertiary/aromatic N) is 7. The van der Waals surface area contributed by atoms with Crippen molar-refractivity contribution in [1.82, 2.24) is 34.5 Å². The second-order valence-corrected chi connectivity index (χ2v) is 9.98. The van der Waals surface area contributed by atoms with Crippen molar-refractivity contribution in [2.45, 2.75) is 39.5 Å². The number of hydrogen-bond donors (Lipinski definition) is 1. The van der Waals surface area contributed by atoms with Gasteiger partial charge in [0.15, 0.2) is 12.1 Å². The highest BCUT2D eigenvalue weighted by atomic mass is 16.7. The van der Waals surface area contributed by atoms with Crippen LogP contribution < -0.4 is 5.32 Å². The number of pyridine rings is 1. The molecule has 1 aromatic carbocycles. The molecule has 5 aromatic rings. The van der Waals surface area contributed by atoms with Gasteiger partial charge in [-0.1, -0.05) is 0 Å². The maximum Gasteiger partial charge on any atom is 0.186 e. The van der Waals surface area contributed by atoms with Gasteiger partial charge in [0, 0.05) is 29.6 Å². The molecule has 0 unspecified atom stereocenters. The fourth-order valence-corrected chi connectivity index (χ4v) is 4.83.